The summed E-state index contributed by atoms with van der Waals surface area (Å²) in [7, 11) is -3.47. The molecule has 0 spiro atoms. The molecule has 0 aliphatic rings. The molecule has 0 bridgehead atoms. The minimum atomic E-state index is -3.47. The molecular formula is C14H15NO2S2. The highest BCUT2D eigenvalue weighted by Gasteiger charge is 2.23. The molecule has 0 N–H and O–H groups in total. The lowest BCUT2D eigenvalue weighted by molar-refractivity contribution is 0.441. The van der Waals surface area contributed by atoms with Crippen molar-refractivity contribution in [1.82, 2.24) is 4.31 Å². The Hall–Kier alpha value is -1.43. The number of benzene rings is 1. The van der Waals surface area contributed by atoms with E-state index in [-0.39, 0.29) is 0 Å². The quantitative estimate of drug-likeness (QED) is 0.767. The maximum atomic E-state index is 12.5. The minimum Gasteiger partial charge on any atom is -0.207 e. The highest BCUT2D eigenvalue weighted by Crippen LogP contribution is 2.20. The topological polar surface area (TPSA) is 37.4 Å². The summed E-state index contributed by atoms with van der Waals surface area (Å²) in [5.74, 6) is 0. The number of hydrogen-bond donors (Lipinski definition) is 0. The Kier molecular flexibility index (Phi) is 4.52. The molecule has 0 radical (unpaired) electrons. The number of thiophene rings is 1. The molecule has 2 aromatic rings. The first kappa shape index (κ1) is 14.0. The summed E-state index contributed by atoms with van der Waals surface area (Å²) in [5.41, 5.74) is 0. The molecule has 0 amide bonds. The molecule has 1 aromatic heterocycles. The SMILES string of the molecule is C=CCN(Cc1cccs1)S(=O)(=O)c1ccccc1. The Labute approximate surface area is 117 Å². The predicted molar refractivity (Wildman–Crippen MR) is 78.6 cm³/mol. The van der Waals surface area contributed by atoms with Gasteiger partial charge in [-0.25, -0.2) is 8.42 Å². The normalized spacial score (nSPS) is 11.6. The van der Waals surface area contributed by atoms with Crippen molar-refractivity contribution in [3.05, 3.63) is 65.4 Å². The molecule has 0 saturated heterocycles. The van der Waals surface area contributed by atoms with Crippen LogP contribution in [0.4, 0.5) is 0 Å². The van der Waals surface area contributed by atoms with Gasteiger partial charge in [0, 0.05) is 18.0 Å². The summed E-state index contributed by atoms with van der Waals surface area (Å²) in [6, 6.07) is 12.3. The lowest BCUT2D eigenvalue weighted by Gasteiger charge is -2.20. The van der Waals surface area contributed by atoms with Gasteiger partial charge in [0.1, 0.15) is 0 Å². The molecule has 1 heterocycles. The molecule has 0 fully saturated rings. The van der Waals surface area contributed by atoms with Gasteiger partial charge in [0.25, 0.3) is 0 Å². The van der Waals surface area contributed by atoms with Crippen LogP contribution < -0.4 is 0 Å². The van der Waals surface area contributed by atoms with Gasteiger partial charge in [-0.05, 0) is 23.6 Å². The number of hydrogen-bond acceptors (Lipinski definition) is 3. The van der Waals surface area contributed by atoms with Gasteiger partial charge in [-0.3, -0.25) is 0 Å². The van der Waals surface area contributed by atoms with Crippen molar-refractivity contribution < 1.29 is 8.42 Å². The van der Waals surface area contributed by atoms with Crippen LogP contribution in [0.25, 0.3) is 0 Å². The Bertz CT molecular complexity index is 619. The summed E-state index contributed by atoms with van der Waals surface area (Å²) in [6.45, 7) is 4.31. The van der Waals surface area contributed by atoms with Crippen molar-refractivity contribution in [3.8, 4) is 0 Å². The van der Waals surface area contributed by atoms with Gasteiger partial charge < -0.3 is 0 Å². The van der Waals surface area contributed by atoms with E-state index in [0.29, 0.717) is 18.0 Å². The molecule has 5 heteroatoms. The van der Waals surface area contributed by atoms with E-state index in [1.165, 1.54) is 4.31 Å². The second kappa shape index (κ2) is 6.14. The Morgan fingerprint density at radius 3 is 2.47 bits per heavy atom. The Balaban J connectivity index is 2.30. The molecule has 2 rings (SSSR count). The lowest BCUT2D eigenvalue weighted by Crippen LogP contribution is -2.30. The molecule has 0 atom stereocenters. The van der Waals surface area contributed by atoms with Crippen molar-refractivity contribution in [3.63, 3.8) is 0 Å². The molecule has 1 aromatic carbocycles. The summed E-state index contributed by atoms with van der Waals surface area (Å²) < 4.78 is 26.5. The van der Waals surface area contributed by atoms with Crippen LogP contribution >= 0.6 is 11.3 Å². The fraction of sp³-hybridized carbons (Fsp3) is 0.143. The first-order valence-corrected chi connectivity index (χ1v) is 8.15. The van der Waals surface area contributed by atoms with Gasteiger partial charge in [0.15, 0.2) is 0 Å². The third kappa shape index (κ3) is 3.32. The zero-order valence-corrected chi connectivity index (χ0v) is 12.0. The van der Waals surface area contributed by atoms with Crippen LogP contribution in [0.2, 0.25) is 0 Å². The molecule has 0 aliphatic carbocycles. The van der Waals surface area contributed by atoms with Crippen LogP contribution in [0.3, 0.4) is 0 Å². The first-order chi connectivity index (χ1) is 9.14. The fourth-order valence-corrected chi connectivity index (χ4v) is 3.92. The minimum absolute atomic E-state index is 0.301. The van der Waals surface area contributed by atoms with Crippen LogP contribution in [-0.2, 0) is 16.6 Å². The highest BCUT2D eigenvalue weighted by molar-refractivity contribution is 7.89. The molecule has 0 saturated carbocycles. The zero-order valence-electron chi connectivity index (χ0n) is 10.4. The second-order valence-corrected chi connectivity index (χ2v) is 6.95. The maximum Gasteiger partial charge on any atom is 0.243 e. The molecule has 0 aliphatic heterocycles. The van der Waals surface area contributed by atoms with E-state index >= 15 is 0 Å². The van der Waals surface area contributed by atoms with Crippen molar-refractivity contribution in [2.24, 2.45) is 0 Å². The largest absolute Gasteiger partial charge is 0.243 e. The van der Waals surface area contributed by atoms with Crippen molar-refractivity contribution in [2.75, 3.05) is 6.54 Å². The average Bonchev–Trinajstić information content (AvgIpc) is 2.92. The van der Waals surface area contributed by atoms with Crippen molar-refractivity contribution >= 4 is 21.4 Å². The summed E-state index contributed by atoms with van der Waals surface area (Å²) in [5, 5.41) is 1.94. The maximum absolute atomic E-state index is 12.5. The Morgan fingerprint density at radius 1 is 1.16 bits per heavy atom. The van der Waals surface area contributed by atoms with Gasteiger partial charge in [-0.2, -0.15) is 4.31 Å². The molecule has 100 valence electrons. The number of rotatable bonds is 6. The van der Waals surface area contributed by atoms with Gasteiger partial charge >= 0.3 is 0 Å². The van der Waals surface area contributed by atoms with Gasteiger partial charge in [-0.15, -0.1) is 17.9 Å². The summed E-state index contributed by atoms with van der Waals surface area (Å²) in [6.07, 6.45) is 1.61. The van der Waals surface area contributed by atoms with E-state index in [1.807, 2.05) is 17.5 Å². The van der Waals surface area contributed by atoms with Gasteiger partial charge in [-0.1, -0.05) is 30.3 Å². The first-order valence-electron chi connectivity index (χ1n) is 5.83. The molecular weight excluding hydrogens is 278 g/mol. The third-order valence-corrected chi connectivity index (χ3v) is 5.31. The van der Waals surface area contributed by atoms with Gasteiger partial charge in [0.2, 0.25) is 10.0 Å². The monoisotopic (exact) mass is 293 g/mol. The molecule has 0 unspecified atom stereocenters. The van der Waals surface area contributed by atoms with Crippen LogP contribution in [-0.4, -0.2) is 19.3 Å². The van der Waals surface area contributed by atoms with Crippen LogP contribution in [0.5, 0.6) is 0 Å². The van der Waals surface area contributed by atoms with Crippen molar-refractivity contribution in [1.29, 1.82) is 0 Å². The molecule has 19 heavy (non-hydrogen) atoms. The second-order valence-electron chi connectivity index (χ2n) is 3.98. The number of sulfonamides is 1. The smallest absolute Gasteiger partial charge is 0.207 e. The van der Waals surface area contributed by atoms with Crippen LogP contribution in [0.1, 0.15) is 4.88 Å². The van der Waals surface area contributed by atoms with E-state index in [0.717, 1.165) is 4.88 Å². The lowest BCUT2D eigenvalue weighted by atomic mass is 10.4. The standard InChI is InChI=1S/C14H15NO2S2/c1-2-10-15(12-13-7-6-11-18-13)19(16,17)14-8-4-3-5-9-14/h2-9,11H,1,10,12H2. The van der Waals surface area contributed by atoms with Crippen LogP contribution in [0.15, 0.2) is 65.4 Å². The number of nitrogens with zero attached hydrogens (tertiary/aromatic N) is 1. The van der Waals surface area contributed by atoms with E-state index in [1.54, 1.807) is 47.7 Å². The highest BCUT2D eigenvalue weighted by atomic mass is 32.2. The van der Waals surface area contributed by atoms with Crippen LogP contribution in [0, 0.1) is 0 Å². The summed E-state index contributed by atoms with van der Waals surface area (Å²) in [4.78, 5) is 1.33. The van der Waals surface area contributed by atoms with E-state index in [4.69, 9.17) is 0 Å². The fourth-order valence-electron chi connectivity index (χ4n) is 1.71. The third-order valence-electron chi connectivity index (χ3n) is 2.63. The average molecular weight is 293 g/mol. The van der Waals surface area contributed by atoms with E-state index in [9.17, 15) is 8.42 Å². The zero-order chi connectivity index (χ0) is 13.7. The summed E-state index contributed by atoms with van der Waals surface area (Å²) >= 11 is 1.55. The predicted octanol–water partition coefficient (Wildman–Crippen LogP) is 3.13. The van der Waals surface area contributed by atoms with Crippen molar-refractivity contribution in [2.45, 2.75) is 11.4 Å². The Morgan fingerprint density at radius 2 is 1.89 bits per heavy atom. The molecule has 3 nitrogen and oxygen atoms in total. The van der Waals surface area contributed by atoms with Gasteiger partial charge in [0.05, 0.1) is 4.90 Å². The van der Waals surface area contributed by atoms with E-state index in [2.05, 4.69) is 6.58 Å². The van der Waals surface area contributed by atoms with E-state index < -0.39 is 10.0 Å².